The average molecular weight is 650 g/mol. The Morgan fingerprint density at radius 1 is 1.00 bits per heavy atom. The molecule has 1 aromatic heterocycles. The highest BCUT2D eigenvalue weighted by molar-refractivity contribution is 5.95. The number of hydrogen-bond acceptors (Lipinski definition) is 7. The van der Waals surface area contributed by atoms with Crippen LogP contribution in [0.4, 0.5) is 4.39 Å². The summed E-state index contributed by atoms with van der Waals surface area (Å²) in [7, 11) is 1.43. The van der Waals surface area contributed by atoms with Crippen LogP contribution in [0, 0.1) is 5.82 Å². The molecule has 2 aliphatic rings. The lowest BCUT2D eigenvalue weighted by Gasteiger charge is -2.23. The molecule has 3 heterocycles. The fourth-order valence-corrected chi connectivity index (χ4v) is 5.07. The Morgan fingerprint density at radius 3 is 2.55 bits per heavy atom. The van der Waals surface area contributed by atoms with E-state index in [2.05, 4.69) is 16.0 Å². The number of nitrogens with zero attached hydrogens (tertiary/aromatic N) is 2. The Morgan fingerprint density at radius 2 is 1.81 bits per heavy atom. The van der Waals surface area contributed by atoms with Crippen LogP contribution in [0.15, 0.2) is 65.6 Å². The lowest BCUT2D eigenvalue weighted by atomic mass is 10.1. The molecule has 0 unspecified atom stereocenters. The van der Waals surface area contributed by atoms with Crippen molar-refractivity contribution >= 4 is 23.6 Å². The van der Waals surface area contributed by atoms with Crippen LogP contribution in [0.5, 0.6) is 17.2 Å². The maximum atomic E-state index is 15.0. The van der Waals surface area contributed by atoms with E-state index in [1.165, 1.54) is 35.9 Å². The van der Waals surface area contributed by atoms with Crippen LogP contribution in [0.2, 0.25) is 0 Å². The Bertz CT molecular complexity index is 1640. The van der Waals surface area contributed by atoms with Gasteiger partial charge in [-0.05, 0) is 61.2 Å². The minimum atomic E-state index is -0.790. The number of ether oxygens (including phenoxy) is 2. The van der Waals surface area contributed by atoms with Crippen LogP contribution < -0.4 is 31.0 Å². The molecule has 0 saturated heterocycles. The number of halogens is 1. The van der Waals surface area contributed by atoms with Crippen LogP contribution >= 0.6 is 0 Å². The highest BCUT2D eigenvalue weighted by Gasteiger charge is 2.21. The van der Waals surface area contributed by atoms with Gasteiger partial charge in [0.15, 0.2) is 23.1 Å². The second kappa shape index (κ2) is 16.9. The Labute approximate surface area is 272 Å². The van der Waals surface area contributed by atoms with E-state index in [0.717, 1.165) is 0 Å². The van der Waals surface area contributed by atoms with Crippen molar-refractivity contribution in [3.63, 3.8) is 0 Å². The third-order valence-electron chi connectivity index (χ3n) is 7.71. The average Bonchev–Trinajstić information content (AvgIpc) is 3.07. The number of aryl methyl sites for hydroxylation is 1. The highest BCUT2D eigenvalue weighted by atomic mass is 19.1. The van der Waals surface area contributed by atoms with Crippen molar-refractivity contribution in [2.45, 2.75) is 58.2 Å². The second-order valence-electron chi connectivity index (χ2n) is 11.1. The second-order valence-corrected chi connectivity index (χ2v) is 11.1. The number of amides is 4. The number of methoxy groups -OCH3 is 1. The summed E-state index contributed by atoms with van der Waals surface area (Å²) in [5.41, 5.74) is 0.526. The van der Waals surface area contributed by atoms with Gasteiger partial charge >= 0.3 is 0 Å². The van der Waals surface area contributed by atoms with Crippen molar-refractivity contribution < 1.29 is 33.0 Å². The van der Waals surface area contributed by atoms with E-state index in [-0.39, 0.29) is 73.5 Å². The van der Waals surface area contributed by atoms with Crippen LogP contribution in [0.3, 0.4) is 0 Å². The van der Waals surface area contributed by atoms with Crippen molar-refractivity contribution in [2.75, 3.05) is 26.7 Å². The Balaban J connectivity index is 1.52. The van der Waals surface area contributed by atoms with Gasteiger partial charge in [-0.25, -0.2) is 4.39 Å². The Hall–Kier alpha value is -5.20. The lowest BCUT2D eigenvalue weighted by molar-refractivity contribution is -0.132. The van der Waals surface area contributed by atoms with Crippen molar-refractivity contribution in [1.82, 2.24) is 25.4 Å². The van der Waals surface area contributed by atoms with Crippen molar-refractivity contribution in [2.24, 2.45) is 0 Å². The van der Waals surface area contributed by atoms with E-state index in [4.69, 9.17) is 9.47 Å². The smallest absolute Gasteiger partial charge is 0.251 e. The molecule has 2 aliphatic heterocycles. The molecular weight excluding hydrogens is 609 g/mol. The topological polar surface area (TPSA) is 148 Å². The number of carbonyl (C=O) groups is 4. The summed E-state index contributed by atoms with van der Waals surface area (Å²) in [5, 5.41) is 8.30. The minimum absolute atomic E-state index is 0.0214. The number of carbonyl (C=O) groups excluding carboxylic acids is 4. The summed E-state index contributed by atoms with van der Waals surface area (Å²) < 4.78 is 27.6. The van der Waals surface area contributed by atoms with E-state index in [1.807, 2.05) is 0 Å². The number of rotatable bonds is 5. The van der Waals surface area contributed by atoms with Crippen LogP contribution in [-0.4, -0.2) is 65.9 Å². The van der Waals surface area contributed by atoms with Crippen LogP contribution in [-0.2, 0) is 27.5 Å². The molecule has 4 amide bonds. The molecule has 0 radical (unpaired) electrons. The molecule has 1 atom stereocenters. The highest BCUT2D eigenvalue weighted by Crippen LogP contribution is 2.34. The predicted molar refractivity (Wildman–Crippen MR) is 172 cm³/mol. The quantitative estimate of drug-likeness (QED) is 0.385. The van der Waals surface area contributed by atoms with E-state index < -0.39 is 23.7 Å². The van der Waals surface area contributed by atoms with E-state index in [1.54, 1.807) is 48.4 Å². The number of fused-ring (bicyclic) bond motifs is 16. The monoisotopic (exact) mass is 649 g/mol. The van der Waals surface area contributed by atoms with Crippen LogP contribution in [0.25, 0.3) is 0 Å². The SMILES string of the molecule is CC[C@@H]1NC(=O)CCCN(C(=O)CCn2ccccc2=O)CCCNC(=O)c2ccc(OC)c(c2)Oc2ccc(cc2F)CNC1=O. The first-order chi connectivity index (χ1) is 22.7. The molecule has 3 aromatic rings. The zero-order valence-corrected chi connectivity index (χ0v) is 26.6. The molecule has 0 fully saturated rings. The summed E-state index contributed by atoms with van der Waals surface area (Å²) in [5.74, 6) is -1.70. The third kappa shape index (κ3) is 9.89. The fraction of sp³-hybridized carbons (Fsp3) is 0.382. The first kappa shape index (κ1) is 34.7. The number of pyridine rings is 1. The Kier molecular flexibility index (Phi) is 12.5. The molecular formula is C34H40FN5O7. The van der Waals surface area contributed by atoms with Gasteiger partial charge in [0.05, 0.1) is 7.11 Å². The van der Waals surface area contributed by atoms with E-state index in [0.29, 0.717) is 37.1 Å². The predicted octanol–water partition coefficient (Wildman–Crippen LogP) is 3.13. The molecule has 0 saturated carbocycles. The van der Waals surface area contributed by atoms with Gasteiger partial charge in [-0.15, -0.1) is 0 Å². The van der Waals surface area contributed by atoms with Crippen molar-refractivity contribution in [3.05, 3.63) is 88.1 Å². The largest absolute Gasteiger partial charge is 0.493 e. The van der Waals surface area contributed by atoms with Crippen molar-refractivity contribution in [3.8, 4) is 17.2 Å². The summed E-state index contributed by atoms with van der Waals surface area (Å²) in [6, 6.07) is 12.8. The summed E-state index contributed by atoms with van der Waals surface area (Å²) in [6.07, 6.45) is 2.88. The molecule has 4 bridgehead atoms. The van der Waals surface area contributed by atoms with Gasteiger partial charge < -0.3 is 34.9 Å². The molecule has 13 heteroatoms. The molecule has 0 spiro atoms. The molecule has 250 valence electrons. The fourth-order valence-electron chi connectivity index (χ4n) is 5.07. The maximum Gasteiger partial charge on any atom is 0.251 e. The molecule has 47 heavy (non-hydrogen) atoms. The van der Waals surface area contributed by atoms with Gasteiger partial charge in [-0.2, -0.15) is 0 Å². The first-order valence-corrected chi connectivity index (χ1v) is 15.6. The zero-order valence-electron chi connectivity index (χ0n) is 26.6. The molecule has 12 nitrogen and oxygen atoms in total. The van der Waals surface area contributed by atoms with Gasteiger partial charge in [0, 0.05) is 63.4 Å². The van der Waals surface area contributed by atoms with Crippen LogP contribution in [0.1, 0.15) is 54.9 Å². The van der Waals surface area contributed by atoms with E-state index >= 15 is 4.39 Å². The molecule has 0 aliphatic carbocycles. The third-order valence-corrected chi connectivity index (χ3v) is 7.71. The number of nitrogens with one attached hydrogen (secondary N) is 3. The van der Waals surface area contributed by atoms with Gasteiger partial charge in [-0.1, -0.05) is 19.1 Å². The normalized spacial score (nSPS) is 16.8. The number of aromatic nitrogens is 1. The summed E-state index contributed by atoms with van der Waals surface area (Å²) in [4.78, 5) is 65.5. The minimum Gasteiger partial charge on any atom is -0.493 e. The number of hydrogen-bond donors (Lipinski definition) is 3. The zero-order chi connectivity index (χ0) is 33.8. The first-order valence-electron chi connectivity index (χ1n) is 15.6. The van der Waals surface area contributed by atoms with Gasteiger partial charge in [0.25, 0.3) is 11.5 Å². The van der Waals surface area contributed by atoms with Crippen molar-refractivity contribution in [1.29, 1.82) is 0 Å². The number of benzene rings is 2. The van der Waals surface area contributed by atoms with Gasteiger partial charge in [-0.3, -0.25) is 24.0 Å². The maximum absolute atomic E-state index is 15.0. The standard InChI is InChI=1S/C34H40FN5O7/c1-3-26-34(45)37-22-23-10-12-27(25(35)20-23)47-29-21-24(11-13-28(29)46-2)33(44)36-15-7-18-39(17-6-8-30(41)38-26)32(43)14-19-40-16-5-4-9-31(40)42/h4-5,9-13,16,20-21,26H,3,6-8,14-15,17-19,22H2,1-2H3,(H,36,44)(H,37,45)(H,38,41)/t26-/m0/s1. The molecule has 5 rings (SSSR count). The lowest BCUT2D eigenvalue weighted by Crippen LogP contribution is -2.46. The molecule has 2 aromatic carbocycles. The summed E-state index contributed by atoms with van der Waals surface area (Å²) in [6.45, 7) is 2.81. The van der Waals surface area contributed by atoms with E-state index in [9.17, 15) is 24.0 Å². The molecule has 3 N–H and O–H groups in total. The van der Waals surface area contributed by atoms with Gasteiger partial charge in [0.2, 0.25) is 17.7 Å². The summed E-state index contributed by atoms with van der Waals surface area (Å²) >= 11 is 0. The van der Waals surface area contributed by atoms with Gasteiger partial charge in [0.1, 0.15) is 6.04 Å².